The number of carbonyl (C=O) groups excluding carboxylic acids is 1. The van der Waals surface area contributed by atoms with Gasteiger partial charge in [-0.25, -0.2) is 9.18 Å². The summed E-state index contributed by atoms with van der Waals surface area (Å²) in [5, 5.41) is 9.52. The molecular weight excluding hydrogens is 325 g/mol. The van der Waals surface area contributed by atoms with Crippen molar-refractivity contribution in [3.63, 3.8) is 0 Å². The maximum atomic E-state index is 13.5. The largest absolute Gasteiger partial charge is 0.496 e. The van der Waals surface area contributed by atoms with Crippen molar-refractivity contribution in [2.45, 2.75) is 25.4 Å². The Morgan fingerprint density at radius 3 is 2.64 bits per heavy atom. The van der Waals surface area contributed by atoms with Gasteiger partial charge in [-0.3, -0.25) is 4.79 Å². The predicted octanol–water partition coefficient (Wildman–Crippen LogP) is 2.41. The third-order valence-electron chi connectivity index (χ3n) is 4.44. The van der Waals surface area contributed by atoms with Gasteiger partial charge in [-0.2, -0.15) is 0 Å². The molecule has 0 fully saturated rings. The smallest absolute Gasteiger partial charge is 0.326 e. The van der Waals surface area contributed by atoms with Gasteiger partial charge in [-0.1, -0.05) is 24.3 Å². The molecule has 2 aromatic carbocycles. The van der Waals surface area contributed by atoms with Crippen molar-refractivity contribution in [2.24, 2.45) is 0 Å². The minimum atomic E-state index is -1.05. The first-order valence-corrected chi connectivity index (χ1v) is 7.91. The lowest BCUT2D eigenvalue weighted by molar-refractivity contribution is -0.151. The zero-order valence-corrected chi connectivity index (χ0v) is 13.7. The molecule has 0 spiro atoms. The van der Waals surface area contributed by atoms with Crippen LogP contribution in [-0.2, 0) is 29.0 Å². The van der Waals surface area contributed by atoms with Gasteiger partial charge >= 0.3 is 5.97 Å². The van der Waals surface area contributed by atoms with E-state index < -0.39 is 17.8 Å². The number of fused-ring (bicyclic) bond motifs is 1. The van der Waals surface area contributed by atoms with Gasteiger partial charge in [0.1, 0.15) is 17.6 Å². The van der Waals surface area contributed by atoms with Gasteiger partial charge in [-0.05, 0) is 29.3 Å². The van der Waals surface area contributed by atoms with Gasteiger partial charge in [0.2, 0.25) is 5.91 Å². The van der Waals surface area contributed by atoms with Gasteiger partial charge in [0.25, 0.3) is 0 Å². The van der Waals surface area contributed by atoms with Crippen molar-refractivity contribution in [1.82, 2.24) is 4.90 Å². The van der Waals surface area contributed by atoms with Crippen LogP contribution in [0.1, 0.15) is 16.7 Å². The van der Waals surface area contributed by atoms with E-state index >= 15 is 0 Å². The number of nitrogens with zero attached hydrogens (tertiary/aromatic N) is 1. The van der Waals surface area contributed by atoms with E-state index in [0.29, 0.717) is 11.3 Å². The first kappa shape index (κ1) is 17.0. The van der Waals surface area contributed by atoms with Gasteiger partial charge in [0.05, 0.1) is 13.5 Å². The van der Waals surface area contributed by atoms with Crippen molar-refractivity contribution in [2.75, 3.05) is 7.11 Å². The molecule has 1 aliphatic rings. The van der Waals surface area contributed by atoms with E-state index in [1.807, 2.05) is 24.3 Å². The van der Waals surface area contributed by atoms with Crippen molar-refractivity contribution in [3.8, 4) is 5.75 Å². The van der Waals surface area contributed by atoms with E-state index in [1.165, 1.54) is 30.2 Å². The van der Waals surface area contributed by atoms with E-state index in [4.69, 9.17) is 4.74 Å². The minimum Gasteiger partial charge on any atom is -0.496 e. The van der Waals surface area contributed by atoms with Crippen LogP contribution >= 0.6 is 0 Å². The first-order chi connectivity index (χ1) is 12.0. The molecule has 130 valence electrons. The summed E-state index contributed by atoms with van der Waals surface area (Å²) in [6.07, 6.45) is 0.143. The lowest BCUT2D eigenvalue weighted by atomic mass is 9.93. The number of carbonyl (C=O) groups is 2. The van der Waals surface area contributed by atoms with Crippen molar-refractivity contribution in [1.29, 1.82) is 0 Å². The van der Waals surface area contributed by atoms with E-state index in [2.05, 4.69) is 0 Å². The van der Waals surface area contributed by atoms with Gasteiger partial charge in [0.15, 0.2) is 0 Å². The third-order valence-corrected chi connectivity index (χ3v) is 4.44. The molecule has 1 atom stereocenters. The Balaban J connectivity index is 1.88. The maximum Gasteiger partial charge on any atom is 0.326 e. The fraction of sp³-hybridized carbons (Fsp3) is 0.263. The molecule has 25 heavy (non-hydrogen) atoms. The Hall–Kier alpha value is -2.89. The molecule has 1 heterocycles. The highest BCUT2D eigenvalue weighted by Crippen LogP contribution is 2.26. The maximum absolute atomic E-state index is 13.5. The van der Waals surface area contributed by atoms with Gasteiger partial charge in [-0.15, -0.1) is 0 Å². The average Bonchev–Trinajstić information content (AvgIpc) is 2.60. The number of halogens is 1. The molecule has 0 saturated carbocycles. The van der Waals surface area contributed by atoms with Crippen LogP contribution < -0.4 is 4.74 Å². The Morgan fingerprint density at radius 1 is 1.24 bits per heavy atom. The number of benzene rings is 2. The topological polar surface area (TPSA) is 66.8 Å². The molecule has 0 saturated heterocycles. The van der Waals surface area contributed by atoms with Crippen LogP contribution in [0.5, 0.6) is 5.75 Å². The van der Waals surface area contributed by atoms with Gasteiger partial charge < -0.3 is 14.7 Å². The second kappa shape index (κ2) is 6.93. The number of hydrogen-bond acceptors (Lipinski definition) is 3. The SMILES string of the molecule is COc1ccc(F)cc1CC(=O)N1Cc2ccccc2C[C@@H]1C(=O)O. The van der Waals surface area contributed by atoms with Crippen molar-refractivity contribution in [3.05, 3.63) is 65.0 Å². The summed E-state index contributed by atoms with van der Waals surface area (Å²) in [6.45, 7) is 0.226. The first-order valence-electron chi connectivity index (χ1n) is 7.91. The van der Waals surface area contributed by atoms with E-state index in [1.54, 1.807) is 0 Å². The number of aliphatic carboxylic acids is 1. The highest BCUT2D eigenvalue weighted by atomic mass is 19.1. The summed E-state index contributed by atoms with van der Waals surface area (Å²) in [7, 11) is 1.44. The number of methoxy groups -OCH3 is 1. The molecule has 1 aliphatic heterocycles. The summed E-state index contributed by atoms with van der Waals surface area (Å²) >= 11 is 0. The quantitative estimate of drug-likeness (QED) is 0.926. The summed E-state index contributed by atoms with van der Waals surface area (Å²) in [6, 6.07) is 10.5. The molecule has 0 aliphatic carbocycles. The Bertz CT molecular complexity index is 821. The second-order valence-electron chi connectivity index (χ2n) is 5.98. The summed E-state index contributed by atoms with van der Waals surface area (Å²) < 4.78 is 18.7. The zero-order valence-electron chi connectivity index (χ0n) is 13.7. The molecule has 0 radical (unpaired) electrons. The van der Waals surface area contributed by atoms with E-state index in [0.717, 1.165) is 11.1 Å². The van der Waals surface area contributed by atoms with Crippen molar-refractivity contribution < 1.29 is 23.8 Å². The van der Waals surface area contributed by atoms with Crippen LogP contribution in [0.3, 0.4) is 0 Å². The molecule has 6 heteroatoms. The number of amides is 1. The number of rotatable bonds is 4. The third kappa shape index (κ3) is 3.47. The number of carboxylic acids is 1. The van der Waals surface area contributed by atoms with E-state index in [-0.39, 0.29) is 25.3 Å². The van der Waals surface area contributed by atoms with Crippen LogP contribution in [0.4, 0.5) is 4.39 Å². The number of ether oxygens (including phenoxy) is 1. The highest BCUT2D eigenvalue weighted by Gasteiger charge is 2.34. The van der Waals surface area contributed by atoms with Crippen LogP contribution in [0.2, 0.25) is 0 Å². The molecule has 5 nitrogen and oxygen atoms in total. The molecule has 0 aromatic heterocycles. The molecule has 3 rings (SSSR count). The summed E-state index contributed by atoms with van der Waals surface area (Å²) in [5.41, 5.74) is 2.26. The molecule has 1 N–H and O–H groups in total. The van der Waals surface area contributed by atoms with Gasteiger partial charge in [0, 0.05) is 18.5 Å². The number of hydrogen-bond donors (Lipinski definition) is 1. The Morgan fingerprint density at radius 2 is 1.96 bits per heavy atom. The Labute approximate surface area is 144 Å². The lowest BCUT2D eigenvalue weighted by Crippen LogP contribution is -2.49. The fourth-order valence-electron chi connectivity index (χ4n) is 3.16. The monoisotopic (exact) mass is 343 g/mol. The van der Waals surface area contributed by atoms with Crippen LogP contribution in [-0.4, -0.2) is 35.0 Å². The fourth-order valence-corrected chi connectivity index (χ4v) is 3.16. The standard InChI is InChI=1S/C19H18FNO4/c1-25-17-7-6-15(20)8-14(17)10-18(22)21-11-13-5-3-2-4-12(13)9-16(21)19(23)24/h2-8,16H,9-11H2,1H3,(H,23,24)/t16-/m1/s1. The zero-order chi connectivity index (χ0) is 18.0. The predicted molar refractivity (Wildman–Crippen MR) is 88.8 cm³/mol. The minimum absolute atomic E-state index is 0.118. The second-order valence-corrected chi connectivity index (χ2v) is 5.98. The van der Waals surface area contributed by atoms with Crippen LogP contribution in [0.15, 0.2) is 42.5 Å². The summed E-state index contributed by atoms with van der Waals surface area (Å²) in [4.78, 5) is 25.7. The van der Waals surface area contributed by atoms with Crippen LogP contribution in [0, 0.1) is 5.82 Å². The molecule has 0 bridgehead atoms. The molecule has 2 aromatic rings. The Kier molecular flexibility index (Phi) is 4.70. The van der Waals surface area contributed by atoms with Crippen molar-refractivity contribution >= 4 is 11.9 Å². The normalized spacial score (nSPS) is 16.2. The summed E-state index contributed by atoms with van der Waals surface area (Å²) in [5.74, 6) is -1.48. The molecule has 0 unspecified atom stereocenters. The average molecular weight is 343 g/mol. The highest BCUT2D eigenvalue weighted by molar-refractivity contribution is 5.86. The van der Waals surface area contributed by atoms with Crippen LogP contribution in [0.25, 0.3) is 0 Å². The molecule has 1 amide bonds. The molecular formula is C19H18FNO4. The van der Waals surface area contributed by atoms with E-state index in [9.17, 15) is 19.1 Å². The number of carboxylic acid groups (broad SMARTS) is 1. The lowest BCUT2D eigenvalue weighted by Gasteiger charge is -2.34.